The molecular formula is C15H19BrN2. The number of hydrogen-bond acceptors (Lipinski definition) is 2. The molecule has 18 heavy (non-hydrogen) atoms. The Morgan fingerprint density at radius 2 is 2.06 bits per heavy atom. The smallest absolute Gasteiger partial charge is 0.0625 e. The van der Waals surface area contributed by atoms with Crippen LogP contribution >= 0.6 is 15.9 Å². The van der Waals surface area contributed by atoms with Crippen LogP contribution in [0.5, 0.6) is 0 Å². The van der Waals surface area contributed by atoms with Gasteiger partial charge in [0.25, 0.3) is 0 Å². The molecule has 0 spiro atoms. The van der Waals surface area contributed by atoms with Crippen LogP contribution in [0, 0.1) is 22.7 Å². The summed E-state index contributed by atoms with van der Waals surface area (Å²) in [6.45, 7) is 6.64. The average molecular weight is 307 g/mol. The Morgan fingerprint density at radius 1 is 1.39 bits per heavy atom. The summed E-state index contributed by atoms with van der Waals surface area (Å²) in [4.78, 5) is 2.40. The molecule has 0 amide bonds. The standard InChI is InChI=1S/C15H19BrN2/c1-15(2)8-10-18(11-12(15)7-9-17)14-5-3-13(16)4-6-14/h3-6,12H,7-8,10-11H2,1-2H3. The fourth-order valence-corrected chi connectivity index (χ4v) is 2.83. The minimum Gasteiger partial charge on any atom is -0.371 e. The third kappa shape index (κ3) is 2.87. The van der Waals surface area contributed by atoms with Gasteiger partial charge in [-0.05, 0) is 42.0 Å². The van der Waals surface area contributed by atoms with Gasteiger partial charge in [0.2, 0.25) is 0 Å². The van der Waals surface area contributed by atoms with Crippen molar-refractivity contribution in [2.75, 3.05) is 18.0 Å². The molecule has 1 unspecified atom stereocenters. The normalized spacial score (nSPS) is 22.6. The van der Waals surface area contributed by atoms with E-state index in [1.807, 2.05) is 0 Å². The zero-order chi connectivity index (χ0) is 13.2. The van der Waals surface area contributed by atoms with Crippen LogP contribution in [0.1, 0.15) is 26.7 Å². The lowest BCUT2D eigenvalue weighted by Crippen LogP contribution is -2.44. The van der Waals surface area contributed by atoms with E-state index in [1.165, 1.54) is 5.69 Å². The van der Waals surface area contributed by atoms with Gasteiger partial charge in [-0.25, -0.2) is 0 Å². The first-order valence-electron chi connectivity index (χ1n) is 6.40. The van der Waals surface area contributed by atoms with E-state index in [1.54, 1.807) is 0 Å². The Bertz CT molecular complexity index is 445. The molecule has 1 atom stereocenters. The van der Waals surface area contributed by atoms with Gasteiger partial charge in [0.15, 0.2) is 0 Å². The number of halogens is 1. The number of hydrogen-bond donors (Lipinski definition) is 0. The van der Waals surface area contributed by atoms with Crippen molar-refractivity contribution in [3.05, 3.63) is 28.7 Å². The second-order valence-electron chi connectivity index (χ2n) is 5.72. The van der Waals surface area contributed by atoms with Crippen molar-refractivity contribution < 1.29 is 0 Å². The van der Waals surface area contributed by atoms with Crippen molar-refractivity contribution >= 4 is 21.6 Å². The number of nitriles is 1. The molecule has 0 radical (unpaired) electrons. The van der Waals surface area contributed by atoms with Crippen molar-refractivity contribution in [3.63, 3.8) is 0 Å². The maximum Gasteiger partial charge on any atom is 0.0625 e. The first-order chi connectivity index (χ1) is 8.53. The van der Waals surface area contributed by atoms with Crippen molar-refractivity contribution in [1.82, 2.24) is 0 Å². The van der Waals surface area contributed by atoms with Gasteiger partial charge in [-0.1, -0.05) is 29.8 Å². The zero-order valence-corrected chi connectivity index (χ0v) is 12.6. The second-order valence-corrected chi connectivity index (χ2v) is 6.64. The quantitative estimate of drug-likeness (QED) is 0.818. The van der Waals surface area contributed by atoms with Gasteiger partial charge >= 0.3 is 0 Å². The van der Waals surface area contributed by atoms with Gasteiger partial charge in [0, 0.05) is 29.7 Å². The van der Waals surface area contributed by atoms with Gasteiger partial charge in [-0.3, -0.25) is 0 Å². The third-order valence-electron chi connectivity index (χ3n) is 4.10. The van der Waals surface area contributed by atoms with Crippen LogP contribution in [0.2, 0.25) is 0 Å². The Labute approximate surface area is 118 Å². The molecule has 1 aromatic rings. The molecule has 1 saturated heterocycles. The van der Waals surface area contributed by atoms with Gasteiger partial charge in [0.1, 0.15) is 0 Å². The van der Waals surface area contributed by atoms with Crippen LogP contribution in [-0.4, -0.2) is 13.1 Å². The van der Waals surface area contributed by atoms with Crippen LogP contribution in [0.3, 0.4) is 0 Å². The lowest BCUT2D eigenvalue weighted by atomic mass is 9.72. The van der Waals surface area contributed by atoms with E-state index < -0.39 is 0 Å². The summed E-state index contributed by atoms with van der Waals surface area (Å²) in [5.41, 5.74) is 1.54. The topological polar surface area (TPSA) is 27.0 Å². The fourth-order valence-electron chi connectivity index (χ4n) is 2.57. The van der Waals surface area contributed by atoms with E-state index in [-0.39, 0.29) is 5.41 Å². The van der Waals surface area contributed by atoms with E-state index in [2.05, 4.69) is 65.0 Å². The fraction of sp³-hybridized carbons (Fsp3) is 0.533. The van der Waals surface area contributed by atoms with E-state index in [9.17, 15) is 0 Å². The highest BCUT2D eigenvalue weighted by Gasteiger charge is 2.35. The molecule has 2 rings (SSSR count). The number of nitrogens with zero attached hydrogens (tertiary/aromatic N) is 2. The van der Waals surface area contributed by atoms with Gasteiger partial charge in [-0.2, -0.15) is 5.26 Å². The van der Waals surface area contributed by atoms with E-state index >= 15 is 0 Å². The Hall–Kier alpha value is -1.01. The van der Waals surface area contributed by atoms with E-state index in [0.717, 1.165) is 24.0 Å². The predicted octanol–water partition coefficient (Wildman–Crippen LogP) is 4.22. The van der Waals surface area contributed by atoms with Crippen LogP contribution in [0.4, 0.5) is 5.69 Å². The lowest BCUT2D eigenvalue weighted by Gasteiger charge is -2.44. The maximum atomic E-state index is 8.97. The molecule has 1 fully saturated rings. The van der Waals surface area contributed by atoms with Crippen LogP contribution < -0.4 is 4.90 Å². The summed E-state index contributed by atoms with van der Waals surface area (Å²) in [5.74, 6) is 0.458. The van der Waals surface area contributed by atoms with Gasteiger partial charge in [0.05, 0.1) is 6.07 Å². The Kier molecular flexibility index (Phi) is 3.97. The number of anilines is 1. The first kappa shape index (κ1) is 13.4. The van der Waals surface area contributed by atoms with Crippen LogP contribution in [0.15, 0.2) is 28.7 Å². The molecule has 0 bridgehead atoms. The summed E-state index contributed by atoms with van der Waals surface area (Å²) < 4.78 is 1.11. The van der Waals surface area contributed by atoms with Crippen LogP contribution in [0.25, 0.3) is 0 Å². The van der Waals surface area contributed by atoms with E-state index in [0.29, 0.717) is 12.3 Å². The Morgan fingerprint density at radius 3 is 2.67 bits per heavy atom. The second kappa shape index (κ2) is 5.32. The summed E-state index contributed by atoms with van der Waals surface area (Å²) in [6.07, 6.45) is 1.80. The van der Waals surface area contributed by atoms with Gasteiger partial charge < -0.3 is 4.90 Å². The average Bonchev–Trinajstić information content (AvgIpc) is 2.33. The zero-order valence-electron chi connectivity index (χ0n) is 11.0. The maximum absolute atomic E-state index is 8.97. The van der Waals surface area contributed by atoms with Crippen molar-refractivity contribution in [1.29, 1.82) is 5.26 Å². The SMILES string of the molecule is CC1(C)CCN(c2ccc(Br)cc2)CC1CC#N. The molecule has 0 saturated carbocycles. The monoisotopic (exact) mass is 306 g/mol. The minimum absolute atomic E-state index is 0.279. The molecule has 1 aliphatic heterocycles. The number of piperidine rings is 1. The molecular weight excluding hydrogens is 288 g/mol. The van der Waals surface area contributed by atoms with Crippen LogP contribution in [-0.2, 0) is 0 Å². The summed E-state index contributed by atoms with van der Waals surface area (Å²) in [7, 11) is 0. The lowest BCUT2D eigenvalue weighted by molar-refractivity contribution is 0.174. The molecule has 0 N–H and O–H groups in total. The summed E-state index contributed by atoms with van der Waals surface area (Å²) in [6, 6.07) is 10.8. The summed E-state index contributed by atoms with van der Waals surface area (Å²) >= 11 is 3.46. The Balaban J connectivity index is 2.13. The predicted molar refractivity (Wildman–Crippen MR) is 78.5 cm³/mol. The van der Waals surface area contributed by atoms with Crippen molar-refractivity contribution in [2.24, 2.45) is 11.3 Å². The molecule has 0 aliphatic carbocycles. The van der Waals surface area contributed by atoms with Crippen molar-refractivity contribution in [3.8, 4) is 6.07 Å². The molecule has 0 aromatic heterocycles. The highest BCUT2D eigenvalue weighted by atomic mass is 79.9. The molecule has 1 aliphatic rings. The minimum atomic E-state index is 0.279. The molecule has 2 nitrogen and oxygen atoms in total. The highest BCUT2D eigenvalue weighted by molar-refractivity contribution is 9.10. The first-order valence-corrected chi connectivity index (χ1v) is 7.20. The van der Waals surface area contributed by atoms with Crippen molar-refractivity contribution in [2.45, 2.75) is 26.7 Å². The largest absolute Gasteiger partial charge is 0.371 e. The number of benzene rings is 1. The molecule has 1 heterocycles. The third-order valence-corrected chi connectivity index (χ3v) is 4.63. The summed E-state index contributed by atoms with van der Waals surface area (Å²) in [5, 5.41) is 8.97. The van der Waals surface area contributed by atoms with Gasteiger partial charge in [-0.15, -0.1) is 0 Å². The molecule has 1 aromatic carbocycles. The molecule has 96 valence electrons. The van der Waals surface area contributed by atoms with E-state index in [4.69, 9.17) is 5.26 Å². The highest BCUT2D eigenvalue weighted by Crippen LogP contribution is 2.38. The number of rotatable bonds is 2. The molecule has 3 heteroatoms.